The van der Waals surface area contributed by atoms with E-state index in [2.05, 4.69) is 0 Å². The maximum atomic E-state index is 11.8. The van der Waals surface area contributed by atoms with Crippen molar-refractivity contribution in [2.24, 2.45) is 11.8 Å². The summed E-state index contributed by atoms with van der Waals surface area (Å²) in [7, 11) is 0. The first-order chi connectivity index (χ1) is 9.56. The molecule has 1 saturated carbocycles. The first-order valence-corrected chi connectivity index (χ1v) is 7.02. The van der Waals surface area contributed by atoms with E-state index in [1.54, 1.807) is 18.2 Å². The van der Waals surface area contributed by atoms with Gasteiger partial charge in [-0.3, -0.25) is 14.9 Å². The van der Waals surface area contributed by atoms with E-state index in [-0.39, 0.29) is 29.1 Å². The molecule has 0 N–H and O–H groups in total. The quantitative estimate of drug-likeness (QED) is 0.615. The molecule has 0 radical (unpaired) electrons. The Labute approximate surface area is 122 Å². The minimum Gasteiger partial charge on any atom is -0.299 e. The Morgan fingerprint density at radius 1 is 1.40 bits per heavy atom. The van der Waals surface area contributed by atoms with E-state index in [4.69, 9.17) is 11.6 Å². The summed E-state index contributed by atoms with van der Waals surface area (Å²) in [5.74, 6) is -0.378. The molecular weight excluding hydrogens is 278 g/mol. The summed E-state index contributed by atoms with van der Waals surface area (Å²) in [6, 6.07) is 7.23. The Morgan fingerprint density at radius 3 is 2.65 bits per heavy atom. The van der Waals surface area contributed by atoms with Crippen molar-refractivity contribution in [3.63, 3.8) is 0 Å². The van der Waals surface area contributed by atoms with Gasteiger partial charge in [-0.05, 0) is 30.5 Å². The minimum absolute atomic E-state index is 0.151. The summed E-state index contributed by atoms with van der Waals surface area (Å²) < 4.78 is 0. The Hall–Kier alpha value is -1.68. The second kappa shape index (κ2) is 6.66. The number of hydrogen-bond donors (Lipinski definition) is 0. The molecule has 0 aromatic heterocycles. The molecule has 1 aromatic rings. The van der Waals surface area contributed by atoms with Crippen LogP contribution < -0.4 is 0 Å². The molecular formula is C15H16ClNO3. The van der Waals surface area contributed by atoms with Gasteiger partial charge in [0.15, 0.2) is 0 Å². The summed E-state index contributed by atoms with van der Waals surface area (Å²) in [6.45, 7) is -0.194. The molecule has 1 aliphatic rings. The number of rotatable bonds is 5. The number of carbonyl (C=O) groups is 1. The normalized spacial score (nSPS) is 20.4. The molecule has 2 rings (SSSR count). The predicted octanol–water partition coefficient (Wildman–Crippen LogP) is 3.62. The topological polar surface area (TPSA) is 60.2 Å². The maximum absolute atomic E-state index is 11.8. The van der Waals surface area contributed by atoms with Crippen LogP contribution >= 0.6 is 11.6 Å². The van der Waals surface area contributed by atoms with E-state index in [1.807, 2.05) is 18.2 Å². The second-order valence-electron chi connectivity index (χ2n) is 5.05. The monoisotopic (exact) mass is 293 g/mol. The van der Waals surface area contributed by atoms with Gasteiger partial charge in [-0.2, -0.15) is 0 Å². The molecule has 106 valence electrons. The van der Waals surface area contributed by atoms with E-state index in [1.165, 1.54) is 0 Å². The van der Waals surface area contributed by atoms with Crippen molar-refractivity contribution in [3.8, 4) is 0 Å². The summed E-state index contributed by atoms with van der Waals surface area (Å²) >= 11 is 5.81. The Balaban J connectivity index is 2.12. The van der Waals surface area contributed by atoms with E-state index in [0.717, 1.165) is 18.4 Å². The molecule has 2 atom stereocenters. The average Bonchev–Trinajstić information content (AvgIpc) is 2.82. The van der Waals surface area contributed by atoms with E-state index >= 15 is 0 Å². The van der Waals surface area contributed by atoms with E-state index < -0.39 is 0 Å². The summed E-state index contributed by atoms with van der Waals surface area (Å²) in [4.78, 5) is 22.2. The SMILES string of the molecule is O=C1CCC[C@H]1[C@H](/C=C/c1ccc(Cl)cc1)C[N+](=O)[O-]. The molecule has 0 amide bonds. The van der Waals surface area contributed by atoms with Crippen molar-refractivity contribution in [1.82, 2.24) is 0 Å². The fourth-order valence-corrected chi connectivity index (χ4v) is 2.72. The van der Waals surface area contributed by atoms with Gasteiger partial charge in [0.1, 0.15) is 5.78 Å². The van der Waals surface area contributed by atoms with Crippen LogP contribution in [0.5, 0.6) is 0 Å². The second-order valence-corrected chi connectivity index (χ2v) is 5.49. The van der Waals surface area contributed by atoms with Gasteiger partial charge in [0, 0.05) is 22.3 Å². The van der Waals surface area contributed by atoms with E-state index in [0.29, 0.717) is 11.4 Å². The van der Waals surface area contributed by atoms with Crippen molar-refractivity contribution in [3.05, 3.63) is 51.0 Å². The zero-order valence-corrected chi connectivity index (χ0v) is 11.8. The number of carbonyl (C=O) groups excluding carboxylic acids is 1. The molecule has 1 aliphatic carbocycles. The van der Waals surface area contributed by atoms with Gasteiger partial charge < -0.3 is 0 Å². The number of nitro groups is 1. The summed E-state index contributed by atoms with van der Waals surface area (Å²) in [6.07, 6.45) is 5.76. The number of hydrogen-bond acceptors (Lipinski definition) is 3. The summed E-state index contributed by atoms with van der Waals surface area (Å²) in [5, 5.41) is 11.4. The molecule has 0 aliphatic heterocycles. The van der Waals surface area contributed by atoms with Gasteiger partial charge in [-0.15, -0.1) is 0 Å². The van der Waals surface area contributed by atoms with Crippen LogP contribution in [-0.2, 0) is 4.79 Å². The van der Waals surface area contributed by atoms with Crippen LogP contribution in [0.2, 0.25) is 5.02 Å². The van der Waals surface area contributed by atoms with Gasteiger partial charge in [-0.1, -0.05) is 35.9 Å². The van der Waals surface area contributed by atoms with Crippen molar-refractivity contribution in [2.75, 3.05) is 6.54 Å². The molecule has 0 bridgehead atoms. The number of ketones is 1. The fourth-order valence-electron chi connectivity index (χ4n) is 2.60. The lowest BCUT2D eigenvalue weighted by molar-refractivity contribution is -0.487. The van der Waals surface area contributed by atoms with Gasteiger partial charge >= 0.3 is 0 Å². The number of nitrogens with zero attached hydrogens (tertiary/aromatic N) is 1. The largest absolute Gasteiger partial charge is 0.299 e. The van der Waals surface area contributed by atoms with Gasteiger partial charge in [0.05, 0.1) is 5.92 Å². The molecule has 0 saturated heterocycles. The third kappa shape index (κ3) is 3.90. The first-order valence-electron chi connectivity index (χ1n) is 6.64. The van der Waals surface area contributed by atoms with Crippen LogP contribution in [0, 0.1) is 22.0 Å². The smallest absolute Gasteiger partial charge is 0.210 e. The van der Waals surface area contributed by atoms with Crippen molar-refractivity contribution in [2.45, 2.75) is 19.3 Å². The van der Waals surface area contributed by atoms with Crippen LogP contribution in [0.4, 0.5) is 0 Å². The first kappa shape index (κ1) is 14.7. The predicted molar refractivity (Wildman–Crippen MR) is 78.2 cm³/mol. The van der Waals surface area contributed by atoms with Crippen LogP contribution in [0.3, 0.4) is 0 Å². The van der Waals surface area contributed by atoms with Crippen LogP contribution in [0.25, 0.3) is 6.08 Å². The maximum Gasteiger partial charge on any atom is 0.210 e. The fraction of sp³-hybridized carbons (Fsp3) is 0.400. The lowest BCUT2D eigenvalue weighted by Crippen LogP contribution is -2.24. The van der Waals surface area contributed by atoms with Crippen molar-refractivity contribution >= 4 is 23.5 Å². The molecule has 0 unspecified atom stereocenters. The molecule has 5 heteroatoms. The highest BCUT2D eigenvalue weighted by atomic mass is 35.5. The highest BCUT2D eigenvalue weighted by Crippen LogP contribution is 2.30. The highest BCUT2D eigenvalue weighted by molar-refractivity contribution is 6.30. The third-order valence-corrected chi connectivity index (χ3v) is 3.89. The van der Waals surface area contributed by atoms with Crippen molar-refractivity contribution in [1.29, 1.82) is 0 Å². The van der Waals surface area contributed by atoms with Crippen LogP contribution in [-0.4, -0.2) is 17.3 Å². The average molecular weight is 294 g/mol. The summed E-state index contributed by atoms with van der Waals surface area (Å²) in [5.41, 5.74) is 0.924. The number of benzene rings is 1. The third-order valence-electron chi connectivity index (χ3n) is 3.63. The molecule has 0 spiro atoms. The number of Topliss-reactive ketones (excluding diaryl/α,β-unsaturated/α-hetero) is 1. The van der Waals surface area contributed by atoms with Crippen LogP contribution in [0.1, 0.15) is 24.8 Å². The molecule has 1 fully saturated rings. The zero-order valence-electron chi connectivity index (χ0n) is 11.0. The minimum atomic E-state index is -0.345. The van der Waals surface area contributed by atoms with Crippen molar-refractivity contribution < 1.29 is 9.72 Å². The standard InChI is InChI=1S/C15H16ClNO3/c16-13-8-5-11(6-9-13)4-7-12(10-17(19)20)14-2-1-3-15(14)18/h4-9,12,14H,1-3,10H2/b7-4+/t12-,14+/m1/s1. The van der Waals surface area contributed by atoms with Gasteiger partial charge in [0.2, 0.25) is 6.54 Å². The highest BCUT2D eigenvalue weighted by Gasteiger charge is 2.33. The van der Waals surface area contributed by atoms with E-state index in [9.17, 15) is 14.9 Å². The zero-order chi connectivity index (χ0) is 14.5. The molecule has 0 heterocycles. The molecule has 4 nitrogen and oxygen atoms in total. The molecule has 1 aromatic carbocycles. The lowest BCUT2D eigenvalue weighted by atomic mass is 9.89. The number of halogens is 1. The van der Waals surface area contributed by atoms with Gasteiger partial charge in [-0.25, -0.2) is 0 Å². The molecule has 20 heavy (non-hydrogen) atoms. The Kier molecular flexibility index (Phi) is 4.90. The van der Waals surface area contributed by atoms with Crippen LogP contribution in [0.15, 0.2) is 30.3 Å². The lowest BCUT2D eigenvalue weighted by Gasteiger charge is -2.14. The van der Waals surface area contributed by atoms with Gasteiger partial charge in [0.25, 0.3) is 0 Å². The Bertz CT molecular complexity index is 524. The Morgan fingerprint density at radius 2 is 2.10 bits per heavy atom.